The van der Waals surface area contributed by atoms with Gasteiger partial charge in [0.2, 0.25) is 12.4 Å². The first-order valence-electron chi connectivity index (χ1n) is 16.4. The number of para-hydroxylation sites is 1. The van der Waals surface area contributed by atoms with Crippen LogP contribution in [0.1, 0.15) is 81.7 Å². The molecule has 0 spiro atoms. The second kappa shape index (κ2) is 16.3. The summed E-state index contributed by atoms with van der Waals surface area (Å²) in [6.45, 7) is 8.01. The van der Waals surface area contributed by atoms with Crippen molar-refractivity contribution in [3.05, 3.63) is 137 Å². The van der Waals surface area contributed by atoms with Crippen molar-refractivity contribution in [1.82, 2.24) is 0 Å². The lowest BCUT2D eigenvalue weighted by Gasteiger charge is -2.43. The SMILES string of the molecule is COC(=O)C1OC(Oc2c(C(C)C)cccc2C(C)C)C(OC(=O)c2ccccc2)C(OC(=O)c2ccccc2)C1OC(=O)c1ccccc1. The van der Waals surface area contributed by atoms with E-state index in [1.165, 1.54) is 24.3 Å². The maximum atomic E-state index is 13.7. The molecule has 1 fully saturated rings. The third-order valence-corrected chi connectivity index (χ3v) is 8.24. The largest absolute Gasteiger partial charge is 0.467 e. The number of methoxy groups -OCH3 is 1. The van der Waals surface area contributed by atoms with Gasteiger partial charge in [0.15, 0.2) is 18.3 Å². The summed E-state index contributed by atoms with van der Waals surface area (Å²) < 4.78 is 36.1. The Kier molecular flexibility index (Phi) is 11.7. The molecule has 1 saturated heterocycles. The molecule has 4 aromatic carbocycles. The number of carbonyl (C=O) groups excluding carboxylic acids is 4. The van der Waals surface area contributed by atoms with Gasteiger partial charge in [-0.2, -0.15) is 0 Å². The molecule has 5 atom stereocenters. The van der Waals surface area contributed by atoms with Gasteiger partial charge in [-0.3, -0.25) is 0 Å². The predicted octanol–water partition coefficient (Wildman–Crippen LogP) is 6.89. The normalized spacial score (nSPS) is 20.1. The van der Waals surface area contributed by atoms with Crippen LogP contribution >= 0.6 is 0 Å². The van der Waals surface area contributed by atoms with Crippen LogP contribution in [0.2, 0.25) is 0 Å². The molecule has 0 saturated carbocycles. The summed E-state index contributed by atoms with van der Waals surface area (Å²) in [5.74, 6) is -2.93. The maximum absolute atomic E-state index is 13.7. The van der Waals surface area contributed by atoms with Crippen LogP contribution in [0.5, 0.6) is 5.75 Å². The minimum absolute atomic E-state index is 0.000273. The Balaban J connectivity index is 1.66. The lowest BCUT2D eigenvalue weighted by atomic mass is 9.93. The number of benzene rings is 4. The topological polar surface area (TPSA) is 124 Å². The van der Waals surface area contributed by atoms with Gasteiger partial charge in [0.1, 0.15) is 5.75 Å². The van der Waals surface area contributed by atoms with Crippen LogP contribution in [-0.2, 0) is 28.5 Å². The molecule has 10 heteroatoms. The van der Waals surface area contributed by atoms with Gasteiger partial charge >= 0.3 is 23.9 Å². The van der Waals surface area contributed by atoms with Gasteiger partial charge in [0.25, 0.3) is 0 Å². The Labute approximate surface area is 291 Å². The number of hydrogen-bond acceptors (Lipinski definition) is 10. The first kappa shape index (κ1) is 35.8. The van der Waals surface area contributed by atoms with Crippen molar-refractivity contribution in [2.24, 2.45) is 0 Å². The molecule has 260 valence electrons. The molecule has 0 radical (unpaired) electrons. The van der Waals surface area contributed by atoms with Gasteiger partial charge in [0, 0.05) is 0 Å². The molecular weight excluding hydrogens is 640 g/mol. The number of carbonyl (C=O) groups is 4. The zero-order valence-corrected chi connectivity index (χ0v) is 28.5. The van der Waals surface area contributed by atoms with Crippen LogP contribution in [0.3, 0.4) is 0 Å². The van der Waals surface area contributed by atoms with Gasteiger partial charge in [-0.15, -0.1) is 0 Å². The fourth-order valence-electron chi connectivity index (χ4n) is 5.63. The molecule has 1 aliphatic rings. The molecule has 0 amide bonds. The molecule has 0 bridgehead atoms. The van der Waals surface area contributed by atoms with E-state index >= 15 is 0 Å². The van der Waals surface area contributed by atoms with Crippen molar-refractivity contribution in [2.45, 2.75) is 70.2 Å². The van der Waals surface area contributed by atoms with Gasteiger partial charge in [-0.1, -0.05) is 100 Å². The van der Waals surface area contributed by atoms with E-state index in [4.69, 9.17) is 28.4 Å². The molecule has 0 N–H and O–H groups in total. The third kappa shape index (κ3) is 8.20. The van der Waals surface area contributed by atoms with Gasteiger partial charge in [0.05, 0.1) is 23.8 Å². The zero-order chi connectivity index (χ0) is 35.8. The standard InChI is InChI=1S/C40H40O10/c1-24(2)29-22-15-23-30(25(3)4)31(29)49-40-35(48-38(43)28-20-13-8-14-21-28)33(47-37(42)27-18-11-7-12-19-27)32(34(50-40)39(44)45-5)46-36(41)26-16-9-6-10-17-26/h6-25,32-35,40H,1-5H3. The monoisotopic (exact) mass is 680 g/mol. The second-order valence-electron chi connectivity index (χ2n) is 12.3. The number of hydrogen-bond donors (Lipinski definition) is 0. The van der Waals surface area contributed by atoms with Crippen molar-refractivity contribution in [3.8, 4) is 5.75 Å². The Morgan fingerprint density at radius 3 is 1.34 bits per heavy atom. The van der Waals surface area contributed by atoms with Crippen molar-refractivity contribution >= 4 is 23.9 Å². The molecule has 0 aliphatic carbocycles. The van der Waals surface area contributed by atoms with Crippen LogP contribution in [-0.4, -0.2) is 61.7 Å². The highest BCUT2D eigenvalue weighted by Crippen LogP contribution is 2.39. The fourth-order valence-corrected chi connectivity index (χ4v) is 5.63. The maximum Gasteiger partial charge on any atom is 0.339 e. The second-order valence-corrected chi connectivity index (χ2v) is 12.3. The number of esters is 4. The predicted molar refractivity (Wildman–Crippen MR) is 183 cm³/mol. The summed E-state index contributed by atoms with van der Waals surface area (Å²) in [6, 6.07) is 30.1. The summed E-state index contributed by atoms with van der Waals surface area (Å²) in [5, 5.41) is 0. The molecule has 50 heavy (non-hydrogen) atoms. The summed E-state index contributed by atoms with van der Waals surface area (Å²) in [7, 11) is 1.15. The van der Waals surface area contributed by atoms with E-state index in [1.807, 2.05) is 45.9 Å². The molecule has 0 aromatic heterocycles. The van der Waals surface area contributed by atoms with Crippen LogP contribution in [0, 0.1) is 0 Å². The third-order valence-electron chi connectivity index (χ3n) is 8.24. The molecule has 5 rings (SSSR count). The van der Waals surface area contributed by atoms with Crippen molar-refractivity contribution in [3.63, 3.8) is 0 Å². The van der Waals surface area contributed by atoms with Crippen LogP contribution in [0.25, 0.3) is 0 Å². The molecule has 10 nitrogen and oxygen atoms in total. The highest BCUT2D eigenvalue weighted by atomic mass is 16.7. The number of rotatable bonds is 11. The average Bonchev–Trinajstić information content (AvgIpc) is 3.14. The van der Waals surface area contributed by atoms with E-state index in [0.717, 1.165) is 18.2 Å². The summed E-state index contributed by atoms with van der Waals surface area (Å²) in [6.07, 6.45) is -8.00. The van der Waals surface area contributed by atoms with E-state index in [0.29, 0.717) is 5.75 Å². The van der Waals surface area contributed by atoms with E-state index in [2.05, 4.69) is 0 Å². The minimum atomic E-state index is -1.66. The summed E-state index contributed by atoms with van der Waals surface area (Å²) in [4.78, 5) is 54.4. The Hall–Kier alpha value is -5.48. The average molecular weight is 681 g/mol. The zero-order valence-electron chi connectivity index (χ0n) is 28.5. The fraction of sp³-hybridized carbons (Fsp3) is 0.300. The van der Waals surface area contributed by atoms with Crippen molar-refractivity contribution in [2.75, 3.05) is 7.11 Å². The summed E-state index contributed by atoms with van der Waals surface area (Å²) in [5.41, 5.74) is 2.18. The lowest BCUT2D eigenvalue weighted by molar-refractivity contribution is -0.270. The Morgan fingerprint density at radius 2 is 0.940 bits per heavy atom. The van der Waals surface area contributed by atoms with Crippen LogP contribution < -0.4 is 4.74 Å². The quantitative estimate of drug-likeness (QED) is 0.122. The smallest absolute Gasteiger partial charge is 0.339 e. The minimum Gasteiger partial charge on any atom is -0.467 e. The van der Waals surface area contributed by atoms with Gasteiger partial charge < -0.3 is 28.4 Å². The molecule has 1 aliphatic heterocycles. The van der Waals surface area contributed by atoms with Gasteiger partial charge in [-0.05, 0) is 59.4 Å². The van der Waals surface area contributed by atoms with E-state index in [-0.39, 0.29) is 28.5 Å². The van der Waals surface area contributed by atoms with Crippen LogP contribution in [0.15, 0.2) is 109 Å². The van der Waals surface area contributed by atoms with Crippen LogP contribution in [0.4, 0.5) is 0 Å². The van der Waals surface area contributed by atoms with E-state index in [1.54, 1.807) is 66.7 Å². The first-order chi connectivity index (χ1) is 24.1. The van der Waals surface area contributed by atoms with E-state index in [9.17, 15) is 19.2 Å². The highest BCUT2D eigenvalue weighted by Gasteiger charge is 2.56. The Morgan fingerprint density at radius 1 is 0.540 bits per heavy atom. The molecule has 5 unspecified atom stereocenters. The summed E-state index contributed by atoms with van der Waals surface area (Å²) >= 11 is 0. The Bertz CT molecular complexity index is 1750. The molecule has 4 aromatic rings. The van der Waals surface area contributed by atoms with E-state index < -0.39 is 54.6 Å². The van der Waals surface area contributed by atoms with Crippen molar-refractivity contribution in [1.29, 1.82) is 0 Å². The molecule has 1 heterocycles. The van der Waals surface area contributed by atoms with Crippen molar-refractivity contribution < 1.29 is 47.6 Å². The lowest BCUT2D eigenvalue weighted by Crippen LogP contribution is -2.64. The first-order valence-corrected chi connectivity index (χ1v) is 16.4. The highest BCUT2D eigenvalue weighted by molar-refractivity contribution is 5.91. The van der Waals surface area contributed by atoms with Gasteiger partial charge in [-0.25, -0.2) is 19.2 Å². The molecular formula is C40H40O10. The number of ether oxygens (including phenoxy) is 6.